The van der Waals surface area contributed by atoms with E-state index in [1.807, 2.05) is 30.3 Å². The van der Waals surface area contributed by atoms with E-state index in [-0.39, 0.29) is 4.90 Å². The summed E-state index contributed by atoms with van der Waals surface area (Å²) in [6, 6.07) is 14.3. The van der Waals surface area contributed by atoms with E-state index in [2.05, 4.69) is 15.9 Å². The molecule has 0 aliphatic heterocycles. The Labute approximate surface area is 113 Å². The molecule has 0 unspecified atom stereocenters. The third kappa shape index (κ3) is 2.89. The second-order valence-electron chi connectivity index (χ2n) is 3.44. The fraction of sp³-hybridized carbons (Fsp3) is 0. The lowest BCUT2D eigenvalue weighted by Gasteiger charge is -2.07. The van der Waals surface area contributed by atoms with E-state index in [4.69, 9.17) is 10.7 Å². The lowest BCUT2D eigenvalue weighted by atomic mass is 10.1. The van der Waals surface area contributed by atoms with Gasteiger partial charge in [-0.3, -0.25) is 0 Å². The fourth-order valence-electron chi connectivity index (χ4n) is 1.55. The van der Waals surface area contributed by atoms with Crippen molar-refractivity contribution in [1.82, 2.24) is 0 Å². The highest BCUT2D eigenvalue weighted by Crippen LogP contribution is 2.31. The van der Waals surface area contributed by atoms with Crippen LogP contribution in [0.3, 0.4) is 0 Å². The van der Waals surface area contributed by atoms with E-state index in [9.17, 15) is 8.42 Å². The molecule has 0 aliphatic carbocycles. The zero-order chi connectivity index (χ0) is 12.5. The van der Waals surface area contributed by atoms with Gasteiger partial charge in [-0.1, -0.05) is 52.3 Å². The summed E-state index contributed by atoms with van der Waals surface area (Å²) in [7, 11) is 1.68. The van der Waals surface area contributed by atoms with Crippen LogP contribution in [-0.2, 0) is 9.05 Å². The molecule has 5 heteroatoms. The minimum atomic E-state index is -3.76. The maximum atomic E-state index is 11.5. The normalized spacial score (nSPS) is 11.4. The summed E-state index contributed by atoms with van der Waals surface area (Å²) in [4.78, 5) is 0.111. The summed E-state index contributed by atoms with van der Waals surface area (Å²) in [6.07, 6.45) is 0. The minimum absolute atomic E-state index is 0.111. The van der Waals surface area contributed by atoms with Gasteiger partial charge < -0.3 is 0 Å². The van der Waals surface area contributed by atoms with Gasteiger partial charge in [0.05, 0.1) is 4.90 Å². The van der Waals surface area contributed by atoms with Crippen molar-refractivity contribution in [2.45, 2.75) is 4.90 Å². The van der Waals surface area contributed by atoms with Crippen LogP contribution in [0.4, 0.5) is 0 Å². The summed E-state index contributed by atoms with van der Waals surface area (Å²) in [6.45, 7) is 0. The first kappa shape index (κ1) is 12.6. The van der Waals surface area contributed by atoms with Gasteiger partial charge in [0.15, 0.2) is 0 Å². The largest absolute Gasteiger partial charge is 0.261 e. The molecule has 0 N–H and O–H groups in total. The fourth-order valence-corrected chi connectivity index (χ4v) is 3.17. The zero-order valence-electron chi connectivity index (χ0n) is 8.60. The molecule has 0 bridgehead atoms. The minimum Gasteiger partial charge on any atom is -0.207 e. The zero-order valence-corrected chi connectivity index (χ0v) is 11.8. The molecular formula is C12H8BrClO2S. The van der Waals surface area contributed by atoms with Crippen LogP contribution in [0, 0.1) is 0 Å². The Bertz CT molecular complexity index is 639. The maximum absolute atomic E-state index is 11.5. The van der Waals surface area contributed by atoms with E-state index in [0.29, 0.717) is 10.0 Å². The summed E-state index contributed by atoms with van der Waals surface area (Å²) < 4.78 is 23.7. The summed E-state index contributed by atoms with van der Waals surface area (Å²) >= 11 is 3.24. The van der Waals surface area contributed by atoms with Crippen molar-refractivity contribution < 1.29 is 8.42 Å². The van der Waals surface area contributed by atoms with Crippen LogP contribution in [0.15, 0.2) is 57.9 Å². The predicted octanol–water partition coefficient (Wildman–Crippen LogP) is 4.04. The Hall–Kier alpha value is -0.840. The van der Waals surface area contributed by atoms with Crippen LogP contribution in [0.2, 0.25) is 0 Å². The molecule has 88 valence electrons. The third-order valence-corrected chi connectivity index (χ3v) is 4.15. The van der Waals surface area contributed by atoms with Crippen molar-refractivity contribution in [2.24, 2.45) is 0 Å². The van der Waals surface area contributed by atoms with Crippen LogP contribution in [-0.4, -0.2) is 8.42 Å². The molecule has 0 saturated heterocycles. The lowest BCUT2D eigenvalue weighted by Crippen LogP contribution is -1.94. The molecule has 0 radical (unpaired) electrons. The van der Waals surface area contributed by atoms with Crippen molar-refractivity contribution >= 4 is 35.7 Å². The molecule has 0 aromatic heterocycles. The van der Waals surface area contributed by atoms with Crippen molar-refractivity contribution in [3.63, 3.8) is 0 Å². The molecule has 0 atom stereocenters. The van der Waals surface area contributed by atoms with Gasteiger partial charge >= 0.3 is 0 Å². The number of hydrogen-bond donors (Lipinski definition) is 0. The third-order valence-electron chi connectivity index (χ3n) is 2.29. The van der Waals surface area contributed by atoms with Crippen LogP contribution in [0.25, 0.3) is 11.1 Å². The van der Waals surface area contributed by atoms with Gasteiger partial charge in [0, 0.05) is 20.7 Å². The van der Waals surface area contributed by atoms with E-state index in [0.717, 1.165) is 5.56 Å². The molecule has 0 saturated carbocycles. The average molecular weight is 332 g/mol. The number of hydrogen-bond acceptors (Lipinski definition) is 2. The smallest absolute Gasteiger partial charge is 0.207 e. The number of rotatable bonds is 2. The van der Waals surface area contributed by atoms with E-state index in [1.54, 1.807) is 12.1 Å². The first-order valence-electron chi connectivity index (χ1n) is 4.78. The van der Waals surface area contributed by atoms with Crippen molar-refractivity contribution in [3.8, 4) is 11.1 Å². The first-order valence-corrected chi connectivity index (χ1v) is 7.88. The van der Waals surface area contributed by atoms with Crippen LogP contribution < -0.4 is 0 Å². The molecule has 0 heterocycles. The number of benzene rings is 2. The monoisotopic (exact) mass is 330 g/mol. The Morgan fingerprint density at radius 3 is 2.24 bits per heavy atom. The maximum Gasteiger partial charge on any atom is 0.261 e. The van der Waals surface area contributed by atoms with E-state index < -0.39 is 9.05 Å². The quantitative estimate of drug-likeness (QED) is 0.778. The Balaban J connectivity index is 2.71. The van der Waals surface area contributed by atoms with Crippen LogP contribution >= 0.6 is 26.6 Å². The molecule has 0 amide bonds. The van der Waals surface area contributed by atoms with Gasteiger partial charge in [0.1, 0.15) is 0 Å². The molecular weight excluding hydrogens is 324 g/mol. The highest BCUT2D eigenvalue weighted by Gasteiger charge is 2.16. The number of halogens is 2. The first-order chi connectivity index (χ1) is 7.98. The predicted molar refractivity (Wildman–Crippen MR) is 72.6 cm³/mol. The summed E-state index contributed by atoms with van der Waals surface area (Å²) in [5.41, 5.74) is 1.42. The lowest BCUT2D eigenvalue weighted by molar-refractivity contribution is 0.610. The van der Waals surface area contributed by atoms with Crippen molar-refractivity contribution in [3.05, 3.63) is 53.0 Å². The molecule has 2 aromatic rings. The Morgan fingerprint density at radius 1 is 1.00 bits per heavy atom. The van der Waals surface area contributed by atoms with Crippen molar-refractivity contribution in [2.75, 3.05) is 0 Å². The highest BCUT2D eigenvalue weighted by molar-refractivity contribution is 9.10. The van der Waals surface area contributed by atoms with Gasteiger partial charge in [-0.2, -0.15) is 0 Å². The van der Waals surface area contributed by atoms with Gasteiger partial charge in [0.25, 0.3) is 9.05 Å². The molecule has 2 aromatic carbocycles. The molecule has 2 nitrogen and oxygen atoms in total. The van der Waals surface area contributed by atoms with Gasteiger partial charge in [-0.25, -0.2) is 8.42 Å². The summed E-state index contributed by atoms with van der Waals surface area (Å²) in [5.74, 6) is 0. The van der Waals surface area contributed by atoms with E-state index >= 15 is 0 Å². The van der Waals surface area contributed by atoms with Gasteiger partial charge in [-0.15, -0.1) is 0 Å². The molecule has 0 fully saturated rings. The molecule has 0 spiro atoms. The Kier molecular flexibility index (Phi) is 3.56. The molecule has 17 heavy (non-hydrogen) atoms. The van der Waals surface area contributed by atoms with E-state index in [1.165, 1.54) is 6.07 Å². The van der Waals surface area contributed by atoms with Gasteiger partial charge in [-0.05, 0) is 17.7 Å². The second kappa shape index (κ2) is 4.80. The standard InChI is InChI=1S/C12H8BrClO2S/c13-10-6-7-11(9-4-2-1-3-5-9)12(8-10)17(14,15)16/h1-8H. The second-order valence-corrected chi connectivity index (χ2v) is 6.89. The van der Waals surface area contributed by atoms with Crippen molar-refractivity contribution in [1.29, 1.82) is 0 Å². The summed E-state index contributed by atoms with van der Waals surface area (Å²) in [5, 5.41) is 0. The van der Waals surface area contributed by atoms with Gasteiger partial charge in [0.2, 0.25) is 0 Å². The molecule has 0 aliphatic rings. The average Bonchev–Trinajstić information content (AvgIpc) is 2.29. The highest BCUT2D eigenvalue weighted by atomic mass is 79.9. The SMILES string of the molecule is O=S(=O)(Cl)c1cc(Br)ccc1-c1ccccc1. The topological polar surface area (TPSA) is 34.1 Å². The van der Waals surface area contributed by atoms with Crippen LogP contribution in [0.1, 0.15) is 0 Å². The Morgan fingerprint density at radius 2 is 1.65 bits per heavy atom. The van der Waals surface area contributed by atoms with Crippen LogP contribution in [0.5, 0.6) is 0 Å². The molecule has 2 rings (SSSR count).